The fourth-order valence-corrected chi connectivity index (χ4v) is 4.62. The van der Waals surface area contributed by atoms with E-state index >= 15 is 0 Å². The number of urea groups is 1. The SMILES string of the molecule is CCCCOCCCN1C[C@H]2N(C(=O)CN(C)N2C(=O)NCc2ccccc2)[C@@H](CCC)C1=O. The van der Waals surface area contributed by atoms with Crippen LogP contribution in [0.4, 0.5) is 4.79 Å². The average molecular weight is 474 g/mol. The van der Waals surface area contributed by atoms with E-state index in [9.17, 15) is 14.4 Å². The van der Waals surface area contributed by atoms with Crippen molar-refractivity contribution in [3.05, 3.63) is 35.9 Å². The lowest BCUT2D eigenvalue weighted by atomic mass is 10.0. The molecule has 0 bridgehead atoms. The van der Waals surface area contributed by atoms with Gasteiger partial charge in [-0.05, 0) is 24.8 Å². The van der Waals surface area contributed by atoms with Crippen molar-refractivity contribution in [2.45, 2.75) is 64.7 Å². The number of likely N-dealkylation sites (N-methyl/N-ethyl adjacent to an activating group) is 1. The van der Waals surface area contributed by atoms with Crippen molar-refractivity contribution in [2.24, 2.45) is 0 Å². The molecule has 2 aliphatic rings. The zero-order valence-electron chi connectivity index (χ0n) is 20.7. The first-order chi connectivity index (χ1) is 16.5. The first-order valence-corrected chi connectivity index (χ1v) is 12.5. The Morgan fingerprint density at radius 1 is 1.09 bits per heavy atom. The van der Waals surface area contributed by atoms with Gasteiger partial charge in [0.15, 0.2) is 0 Å². The van der Waals surface area contributed by atoms with Crippen LogP contribution in [-0.4, -0.2) is 89.8 Å². The molecule has 34 heavy (non-hydrogen) atoms. The van der Waals surface area contributed by atoms with E-state index in [1.807, 2.05) is 37.3 Å². The van der Waals surface area contributed by atoms with Crippen LogP contribution in [0.25, 0.3) is 0 Å². The van der Waals surface area contributed by atoms with E-state index in [1.165, 1.54) is 0 Å². The van der Waals surface area contributed by atoms with Gasteiger partial charge in [-0.3, -0.25) is 9.59 Å². The molecule has 0 saturated carbocycles. The van der Waals surface area contributed by atoms with Gasteiger partial charge in [0.25, 0.3) is 0 Å². The lowest BCUT2D eigenvalue weighted by molar-refractivity contribution is -0.187. The molecule has 0 aliphatic carbocycles. The summed E-state index contributed by atoms with van der Waals surface area (Å²) in [4.78, 5) is 43.0. The second kappa shape index (κ2) is 12.7. The summed E-state index contributed by atoms with van der Waals surface area (Å²) in [6.07, 6.45) is 3.66. The Bertz CT molecular complexity index is 821. The van der Waals surface area contributed by atoms with Gasteiger partial charge < -0.3 is 19.9 Å². The van der Waals surface area contributed by atoms with Crippen LogP contribution >= 0.6 is 0 Å². The summed E-state index contributed by atoms with van der Waals surface area (Å²) in [6, 6.07) is 8.88. The van der Waals surface area contributed by atoms with E-state index in [4.69, 9.17) is 4.74 Å². The van der Waals surface area contributed by atoms with Crippen molar-refractivity contribution in [1.29, 1.82) is 0 Å². The highest BCUT2D eigenvalue weighted by Gasteiger charge is 2.50. The molecule has 188 valence electrons. The number of hydrogen-bond acceptors (Lipinski definition) is 5. The Balaban J connectivity index is 1.72. The third kappa shape index (κ3) is 6.27. The molecule has 1 N–H and O–H groups in total. The first kappa shape index (κ1) is 26.0. The van der Waals surface area contributed by atoms with E-state index < -0.39 is 12.2 Å². The molecule has 2 fully saturated rings. The van der Waals surface area contributed by atoms with Gasteiger partial charge >= 0.3 is 6.03 Å². The topological polar surface area (TPSA) is 85.4 Å². The number of nitrogens with one attached hydrogen (secondary N) is 1. The maximum absolute atomic E-state index is 13.3. The molecule has 2 saturated heterocycles. The second-order valence-electron chi connectivity index (χ2n) is 8.99. The highest BCUT2D eigenvalue weighted by Crippen LogP contribution is 2.28. The highest BCUT2D eigenvalue weighted by atomic mass is 16.5. The predicted octanol–water partition coefficient (Wildman–Crippen LogP) is 2.43. The molecule has 4 amide bonds. The molecule has 2 heterocycles. The molecule has 9 heteroatoms. The Morgan fingerprint density at radius 2 is 1.82 bits per heavy atom. The van der Waals surface area contributed by atoms with Crippen molar-refractivity contribution < 1.29 is 19.1 Å². The third-order valence-electron chi connectivity index (χ3n) is 6.36. The van der Waals surface area contributed by atoms with Crippen molar-refractivity contribution in [3.8, 4) is 0 Å². The maximum atomic E-state index is 13.3. The smallest absolute Gasteiger partial charge is 0.334 e. The van der Waals surface area contributed by atoms with Gasteiger partial charge in [-0.15, -0.1) is 0 Å². The summed E-state index contributed by atoms with van der Waals surface area (Å²) in [5.74, 6) is -0.150. The minimum atomic E-state index is -0.546. The number of hydrogen-bond donors (Lipinski definition) is 1. The van der Waals surface area contributed by atoms with Gasteiger partial charge in [-0.25, -0.2) is 14.8 Å². The molecule has 0 radical (unpaired) electrons. The fraction of sp³-hybridized carbons (Fsp3) is 0.640. The van der Waals surface area contributed by atoms with E-state index in [2.05, 4.69) is 12.2 Å². The van der Waals surface area contributed by atoms with Crippen molar-refractivity contribution in [1.82, 2.24) is 25.1 Å². The summed E-state index contributed by atoms with van der Waals surface area (Å²) in [5, 5.41) is 6.24. The zero-order valence-corrected chi connectivity index (χ0v) is 20.7. The largest absolute Gasteiger partial charge is 0.381 e. The van der Waals surface area contributed by atoms with Crippen LogP contribution in [0.2, 0.25) is 0 Å². The molecular weight excluding hydrogens is 434 g/mol. The monoisotopic (exact) mass is 473 g/mol. The number of ether oxygens (including phenoxy) is 1. The van der Waals surface area contributed by atoms with Crippen LogP contribution in [0.3, 0.4) is 0 Å². The number of benzene rings is 1. The van der Waals surface area contributed by atoms with E-state index in [1.54, 1.807) is 26.9 Å². The van der Waals surface area contributed by atoms with Crippen molar-refractivity contribution in [2.75, 3.05) is 39.9 Å². The van der Waals surface area contributed by atoms with E-state index in [0.29, 0.717) is 32.7 Å². The van der Waals surface area contributed by atoms with Gasteiger partial charge in [0.05, 0.1) is 13.1 Å². The minimum Gasteiger partial charge on any atom is -0.381 e. The van der Waals surface area contributed by atoms with Crippen LogP contribution < -0.4 is 5.32 Å². The van der Waals surface area contributed by atoms with Crippen LogP contribution in [0.5, 0.6) is 0 Å². The summed E-state index contributed by atoms with van der Waals surface area (Å²) < 4.78 is 5.66. The highest BCUT2D eigenvalue weighted by molar-refractivity contribution is 5.91. The summed E-state index contributed by atoms with van der Waals surface area (Å²) >= 11 is 0. The van der Waals surface area contributed by atoms with Crippen molar-refractivity contribution >= 4 is 17.8 Å². The first-order valence-electron chi connectivity index (χ1n) is 12.5. The second-order valence-corrected chi connectivity index (χ2v) is 8.99. The number of carbonyl (C=O) groups excluding carboxylic acids is 3. The molecule has 1 aromatic rings. The fourth-order valence-electron chi connectivity index (χ4n) is 4.62. The lowest BCUT2D eigenvalue weighted by Gasteiger charge is -2.54. The lowest BCUT2D eigenvalue weighted by Crippen LogP contribution is -2.76. The summed E-state index contributed by atoms with van der Waals surface area (Å²) in [7, 11) is 1.74. The molecule has 0 unspecified atom stereocenters. The molecule has 0 aromatic heterocycles. The number of amides is 4. The van der Waals surface area contributed by atoms with Gasteiger partial charge in [0, 0.05) is 33.4 Å². The maximum Gasteiger partial charge on any atom is 0.334 e. The Kier molecular flexibility index (Phi) is 9.71. The molecule has 0 spiro atoms. The number of fused-ring (bicyclic) bond motifs is 1. The van der Waals surface area contributed by atoms with E-state index in [-0.39, 0.29) is 24.4 Å². The predicted molar refractivity (Wildman–Crippen MR) is 129 cm³/mol. The van der Waals surface area contributed by atoms with Gasteiger partial charge in [-0.1, -0.05) is 57.0 Å². The molecule has 2 aliphatic heterocycles. The number of hydrazine groups is 1. The summed E-state index contributed by atoms with van der Waals surface area (Å²) in [6.45, 7) is 6.75. The third-order valence-corrected chi connectivity index (χ3v) is 6.36. The minimum absolute atomic E-state index is 0.0331. The summed E-state index contributed by atoms with van der Waals surface area (Å²) in [5.41, 5.74) is 0.996. The number of carbonyl (C=O) groups is 3. The van der Waals surface area contributed by atoms with E-state index in [0.717, 1.165) is 37.9 Å². The Morgan fingerprint density at radius 3 is 2.53 bits per heavy atom. The molecule has 1 aromatic carbocycles. The quantitative estimate of drug-likeness (QED) is 0.499. The van der Waals surface area contributed by atoms with Gasteiger partial charge in [-0.2, -0.15) is 0 Å². The van der Waals surface area contributed by atoms with Gasteiger partial charge in [0.2, 0.25) is 11.8 Å². The standard InChI is InChI=1S/C25H39N5O4/c1-4-6-15-34-16-10-14-28-18-22-29(21(11-5-2)24(28)32)23(31)19-27(3)30(22)25(33)26-17-20-12-8-7-9-13-20/h7-9,12-13,21-22H,4-6,10-11,14-19H2,1-3H3,(H,26,33)/t21-,22-/m0/s1. The van der Waals surface area contributed by atoms with Crippen LogP contribution in [-0.2, 0) is 20.9 Å². The normalized spacial score (nSPS) is 21.1. The van der Waals surface area contributed by atoms with Gasteiger partial charge in [0.1, 0.15) is 12.2 Å². The zero-order chi connectivity index (χ0) is 24.5. The Hall–Kier alpha value is -2.65. The van der Waals surface area contributed by atoms with Crippen LogP contribution in [0.15, 0.2) is 30.3 Å². The number of unbranched alkanes of at least 4 members (excludes halogenated alkanes) is 1. The van der Waals surface area contributed by atoms with Crippen LogP contribution in [0, 0.1) is 0 Å². The molecule has 3 rings (SSSR count). The number of piperazine rings is 1. The van der Waals surface area contributed by atoms with Crippen LogP contribution in [0.1, 0.15) is 51.5 Å². The Labute approximate surface area is 203 Å². The van der Waals surface area contributed by atoms with Crippen molar-refractivity contribution in [3.63, 3.8) is 0 Å². The molecule has 9 nitrogen and oxygen atoms in total. The molecule has 2 atom stereocenters. The number of nitrogens with zero attached hydrogens (tertiary/aromatic N) is 4. The average Bonchev–Trinajstić information content (AvgIpc) is 2.82. The molecular formula is C25H39N5O4. The number of rotatable bonds is 11.